The third-order valence-electron chi connectivity index (χ3n) is 2.35. The first-order valence-corrected chi connectivity index (χ1v) is 6.73. The minimum Gasteiger partial charge on any atom is -0.487 e. The molecule has 0 fully saturated rings. The normalized spacial score (nSPS) is 10.4. The van der Waals surface area contributed by atoms with Gasteiger partial charge in [-0.15, -0.1) is 0 Å². The Morgan fingerprint density at radius 1 is 1.11 bits per heavy atom. The van der Waals surface area contributed by atoms with Crippen LogP contribution < -0.4 is 10.5 Å². The Kier molecular flexibility index (Phi) is 4.38. The highest BCUT2D eigenvalue weighted by molar-refractivity contribution is 9.10. The van der Waals surface area contributed by atoms with Gasteiger partial charge in [-0.3, -0.25) is 0 Å². The van der Waals surface area contributed by atoms with E-state index in [9.17, 15) is 0 Å². The maximum Gasteiger partial charge on any atom is 0.139 e. The van der Waals surface area contributed by atoms with Crippen molar-refractivity contribution in [2.75, 3.05) is 5.73 Å². The molecule has 2 nitrogen and oxygen atoms in total. The Morgan fingerprint density at radius 3 is 2.61 bits per heavy atom. The van der Waals surface area contributed by atoms with E-state index in [1.54, 1.807) is 18.2 Å². The van der Waals surface area contributed by atoms with Gasteiger partial charge in [0.2, 0.25) is 0 Å². The fourth-order valence-electron chi connectivity index (χ4n) is 1.43. The monoisotopic (exact) mass is 345 g/mol. The second-order valence-corrected chi connectivity index (χ2v) is 5.42. The summed E-state index contributed by atoms with van der Waals surface area (Å²) in [7, 11) is 0. The molecule has 94 valence electrons. The van der Waals surface area contributed by atoms with Crippen molar-refractivity contribution in [1.82, 2.24) is 0 Å². The van der Waals surface area contributed by atoms with Crippen molar-refractivity contribution in [3.63, 3.8) is 0 Å². The molecule has 0 heterocycles. The first-order chi connectivity index (χ1) is 8.56. The van der Waals surface area contributed by atoms with Gasteiger partial charge in [0, 0.05) is 21.2 Å². The summed E-state index contributed by atoms with van der Waals surface area (Å²) in [6.45, 7) is 0.386. The Balaban J connectivity index is 2.11. The van der Waals surface area contributed by atoms with Crippen molar-refractivity contribution in [3.05, 3.63) is 56.5 Å². The first kappa shape index (κ1) is 13.5. The van der Waals surface area contributed by atoms with E-state index >= 15 is 0 Å². The van der Waals surface area contributed by atoms with Crippen LogP contribution in [0.15, 0.2) is 40.9 Å². The van der Waals surface area contributed by atoms with Crippen LogP contribution >= 0.6 is 39.1 Å². The zero-order valence-corrected chi connectivity index (χ0v) is 12.4. The molecule has 5 heteroatoms. The molecular formula is C13H10BrCl2NO. The van der Waals surface area contributed by atoms with Gasteiger partial charge in [0.15, 0.2) is 0 Å². The molecule has 0 aliphatic rings. The highest BCUT2D eigenvalue weighted by Crippen LogP contribution is 2.29. The summed E-state index contributed by atoms with van der Waals surface area (Å²) in [4.78, 5) is 0. The van der Waals surface area contributed by atoms with Crippen molar-refractivity contribution in [1.29, 1.82) is 0 Å². The van der Waals surface area contributed by atoms with Crippen LogP contribution in [0.3, 0.4) is 0 Å². The smallest absolute Gasteiger partial charge is 0.139 e. The van der Waals surface area contributed by atoms with Crippen LogP contribution in [0.1, 0.15) is 5.56 Å². The average molecular weight is 347 g/mol. The van der Waals surface area contributed by atoms with Crippen LogP contribution in [0, 0.1) is 0 Å². The number of halogens is 3. The molecule has 0 aromatic heterocycles. The summed E-state index contributed by atoms with van der Waals surface area (Å²) >= 11 is 15.2. The molecule has 2 N–H and O–H groups in total. The highest BCUT2D eigenvalue weighted by atomic mass is 79.9. The van der Waals surface area contributed by atoms with Gasteiger partial charge in [0.1, 0.15) is 12.4 Å². The van der Waals surface area contributed by atoms with E-state index in [1.807, 2.05) is 18.2 Å². The van der Waals surface area contributed by atoms with E-state index in [0.717, 1.165) is 10.0 Å². The van der Waals surface area contributed by atoms with E-state index in [1.165, 1.54) is 0 Å². The molecule has 2 aromatic rings. The molecule has 0 radical (unpaired) electrons. The fourth-order valence-corrected chi connectivity index (χ4v) is 2.01. The molecular weight excluding hydrogens is 337 g/mol. The summed E-state index contributed by atoms with van der Waals surface area (Å²) in [5, 5.41) is 1.12. The zero-order chi connectivity index (χ0) is 13.1. The molecule has 0 unspecified atom stereocenters. The standard InChI is InChI=1S/C13H10BrCl2NO/c14-10-3-1-8(5-12(10)17)7-18-13-6-9(15)2-4-11(13)16/h1-6H,7,17H2. The largest absolute Gasteiger partial charge is 0.487 e. The van der Waals surface area contributed by atoms with E-state index in [2.05, 4.69) is 15.9 Å². The van der Waals surface area contributed by atoms with Crippen molar-refractivity contribution in [3.8, 4) is 5.75 Å². The first-order valence-electron chi connectivity index (χ1n) is 5.18. The molecule has 0 aliphatic carbocycles. The molecule has 0 spiro atoms. The van der Waals surface area contributed by atoms with Crippen LogP contribution in [0.4, 0.5) is 5.69 Å². The van der Waals surface area contributed by atoms with Gasteiger partial charge in [-0.2, -0.15) is 0 Å². The molecule has 2 rings (SSSR count). The number of ether oxygens (including phenoxy) is 1. The van der Waals surface area contributed by atoms with Gasteiger partial charge in [0.25, 0.3) is 0 Å². The van der Waals surface area contributed by atoms with Crippen LogP contribution in [-0.4, -0.2) is 0 Å². The molecule has 18 heavy (non-hydrogen) atoms. The van der Waals surface area contributed by atoms with Gasteiger partial charge in [-0.1, -0.05) is 29.3 Å². The predicted molar refractivity (Wildman–Crippen MR) is 79.3 cm³/mol. The lowest BCUT2D eigenvalue weighted by Crippen LogP contribution is -1.97. The number of hydrogen-bond donors (Lipinski definition) is 1. The summed E-state index contributed by atoms with van der Waals surface area (Å²) in [5.41, 5.74) is 7.43. The van der Waals surface area contributed by atoms with Crippen LogP contribution in [0.2, 0.25) is 10.0 Å². The number of nitrogen functional groups attached to an aromatic ring is 1. The second kappa shape index (κ2) is 5.83. The predicted octanol–water partition coefficient (Wildman–Crippen LogP) is 4.92. The molecule has 2 aromatic carbocycles. The Labute approximate surface area is 124 Å². The molecule has 0 atom stereocenters. The molecule has 0 saturated heterocycles. The summed E-state index contributed by atoms with van der Waals surface area (Å²) in [5.74, 6) is 0.561. The van der Waals surface area contributed by atoms with Gasteiger partial charge >= 0.3 is 0 Å². The van der Waals surface area contributed by atoms with Crippen molar-refractivity contribution in [2.45, 2.75) is 6.61 Å². The molecule has 0 amide bonds. The summed E-state index contributed by atoms with van der Waals surface area (Å²) in [6, 6.07) is 10.8. The number of benzene rings is 2. The van der Waals surface area contributed by atoms with Gasteiger partial charge in [-0.05, 0) is 45.8 Å². The molecule has 0 bridgehead atoms. The summed E-state index contributed by atoms with van der Waals surface area (Å²) < 4.78 is 6.48. The highest BCUT2D eigenvalue weighted by Gasteiger charge is 2.04. The van der Waals surface area contributed by atoms with E-state index in [4.69, 9.17) is 33.7 Å². The van der Waals surface area contributed by atoms with Crippen molar-refractivity contribution in [2.24, 2.45) is 0 Å². The lowest BCUT2D eigenvalue weighted by molar-refractivity contribution is 0.306. The zero-order valence-electron chi connectivity index (χ0n) is 9.29. The van der Waals surface area contributed by atoms with E-state index < -0.39 is 0 Å². The topological polar surface area (TPSA) is 35.2 Å². The van der Waals surface area contributed by atoms with E-state index in [0.29, 0.717) is 28.1 Å². The summed E-state index contributed by atoms with van der Waals surface area (Å²) in [6.07, 6.45) is 0. The molecule has 0 saturated carbocycles. The Morgan fingerprint density at radius 2 is 1.89 bits per heavy atom. The number of nitrogens with two attached hydrogens (primary N) is 1. The van der Waals surface area contributed by atoms with Crippen molar-refractivity contribution < 1.29 is 4.74 Å². The average Bonchev–Trinajstić information content (AvgIpc) is 2.34. The maximum absolute atomic E-state index is 6.00. The second-order valence-electron chi connectivity index (χ2n) is 3.72. The SMILES string of the molecule is Nc1cc(COc2cc(Cl)ccc2Cl)ccc1Br. The lowest BCUT2D eigenvalue weighted by atomic mass is 10.2. The Bertz CT molecular complexity index is 575. The quantitative estimate of drug-likeness (QED) is 0.801. The van der Waals surface area contributed by atoms with Crippen LogP contribution in [0.25, 0.3) is 0 Å². The van der Waals surface area contributed by atoms with Gasteiger partial charge in [-0.25, -0.2) is 0 Å². The van der Waals surface area contributed by atoms with Gasteiger partial charge in [0.05, 0.1) is 5.02 Å². The third kappa shape index (κ3) is 3.31. The van der Waals surface area contributed by atoms with Crippen LogP contribution in [-0.2, 0) is 6.61 Å². The lowest BCUT2D eigenvalue weighted by Gasteiger charge is -2.09. The fraction of sp³-hybridized carbons (Fsp3) is 0.0769. The number of rotatable bonds is 3. The number of hydrogen-bond acceptors (Lipinski definition) is 2. The van der Waals surface area contributed by atoms with Crippen LogP contribution in [0.5, 0.6) is 5.75 Å². The van der Waals surface area contributed by atoms with Gasteiger partial charge < -0.3 is 10.5 Å². The third-order valence-corrected chi connectivity index (χ3v) is 3.62. The molecule has 0 aliphatic heterocycles. The maximum atomic E-state index is 6.00. The van der Waals surface area contributed by atoms with E-state index in [-0.39, 0.29) is 0 Å². The van der Waals surface area contributed by atoms with Crippen molar-refractivity contribution >= 4 is 44.8 Å². The Hall–Kier alpha value is -0.900. The number of anilines is 1. The minimum absolute atomic E-state index is 0.386. The minimum atomic E-state index is 0.386.